The molecule has 0 bridgehead atoms. The first-order valence-electron chi connectivity index (χ1n) is 10.7. The third kappa shape index (κ3) is 5.85. The third-order valence-corrected chi connectivity index (χ3v) is 6.05. The van der Waals surface area contributed by atoms with Crippen LogP contribution in [0.5, 0.6) is 5.75 Å². The lowest BCUT2D eigenvalue weighted by atomic mass is 10.0. The number of carbonyl (C=O) groups excluding carboxylic acids is 1. The van der Waals surface area contributed by atoms with Gasteiger partial charge < -0.3 is 14.8 Å². The number of rotatable bonds is 8. The van der Waals surface area contributed by atoms with Crippen molar-refractivity contribution in [3.63, 3.8) is 0 Å². The Labute approximate surface area is 206 Å². The summed E-state index contributed by atoms with van der Waals surface area (Å²) in [6.45, 7) is 4.36. The van der Waals surface area contributed by atoms with E-state index in [2.05, 4.69) is 10.2 Å². The number of halogens is 4. The molecule has 0 spiro atoms. The van der Waals surface area contributed by atoms with Gasteiger partial charge in [-0.15, -0.1) is 0 Å². The first-order valence-corrected chi connectivity index (χ1v) is 11.5. The quantitative estimate of drug-likeness (QED) is 0.382. The van der Waals surface area contributed by atoms with Crippen LogP contribution >= 0.6 is 23.2 Å². The molecule has 0 amide bonds. The molecule has 0 atom stereocenters. The number of anilines is 2. The van der Waals surface area contributed by atoms with Crippen LogP contribution < -0.4 is 10.1 Å². The summed E-state index contributed by atoms with van der Waals surface area (Å²) in [6, 6.07) is 12.9. The van der Waals surface area contributed by atoms with Gasteiger partial charge in [0.15, 0.2) is 5.78 Å². The second-order valence-corrected chi connectivity index (χ2v) is 8.50. The topological polar surface area (TPSA) is 50.8 Å². The molecule has 3 aromatic rings. The monoisotopic (exact) mass is 506 g/mol. The minimum atomic E-state index is -0.742. The average Bonchev–Trinajstić information content (AvgIpc) is 2.83. The first-order chi connectivity index (χ1) is 16.4. The molecule has 0 radical (unpaired) electrons. The molecule has 0 saturated carbocycles. The molecule has 1 aliphatic rings. The largest absolute Gasteiger partial charge is 0.492 e. The Morgan fingerprint density at radius 2 is 1.71 bits per heavy atom. The fourth-order valence-electron chi connectivity index (χ4n) is 3.57. The standard InChI is InChI=1S/C25H22Cl2F2N2O3/c26-20-7-5-17(34-13-10-31-8-11-33-12-9-31)15-19(20)25(32)18-6-4-16(14-21(18)27)30-24-22(28)2-1-3-23(24)29/h1-7,14-15,30H,8-13H2. The summed E-state index contributed by atoms with van der Waals surface area (Å²) in [5.74, 6) is -1.36. The van der Waals surface area contributed by atoms with E-state index in [-0.39, 0.29) is 26.9 Å². The number of ketones is 1. The molecule has 1 saturated heterocycles. The predicted molar refractivity (Wildman–Crippen MR) is 129 cm³/mol. The highest BCUT2D eigenvalue weighted by molar-refractivity contribution is 6.38. The van der Waals surface area contributed by atoms with Crippen molar-refractivity contribution < 1.29 is 23.0 Å². The van der Waals surface area contributed by atoms with Gasteiger partial charge in [0, 0.05) is 36.4 Å². The lowest BCUT2D eigenvalue weighted by Gasteiger charge is -2.26. The van der Waals surface area contributed by atoms with Gasteiger partial charge >= 0.3 is 0 Å². The van der Waals surface area contributed by atoms with Crippen molar-refractivity contribution in [2.45, 2.75) is 0 Å². The number of nitrogens with one attached hydrogen (secondary N) is 1. The van der Waals surface area contributed by atoms with Crippen LogP contribution in [0.3, 0.4) is 0 Å². The number of para-hydroxylation sites is 1. The SMILES string of the molecule is O=C(c1ccc(Nc2c(F)cccc2F)cc1Cl)c1cc(OCCN2CCOCC2)ccc1Cl. The molecule has 1 heterocycles. The molecule has 1 aliphatic heterocycles. The third-order valence-electron chi connectivity index (χ3n) is 5.41. The highest BCUT2D eigenvalue weighted by Crippen LogP contribution is 2.30. The number of hydrogen-bond acceptors (Lipinski definition) is 5. The molecule has 34 heavy (non-hydrogen) atoms. The molecular weight excluding hydrogens is 485 g/mol. The second-order valence-electron chi connectivity index (χ2n) is 7.69. The van der Waals surface area contributed by atoms with E-state index in [1.165, 1.54) is 24.3 Å². The van der Waals surface area contributed by atoms with E-state index in [4.69, 9.17) is 32.7 Å². The zero-order chi connectivity index (χ0) is 24.1. The van der Waals surface area contributed by atoms with E-state index in [0.29, 0.717) is 31.3 Å². The molecule has 0 aromatic heterocycles. The van der Waals surface area contributed by atoms with Gasteiger partial charge in [-0.1, -0.05) is 29.3 Å². The van der Waals surface area contributed by atoms with Crippen molar-refractivity contribution in [1.29, 1.82) is 0 Å². The lowest BCUT2D eigenvalue weighted by Crippen LogP contribution is -2.38. The van der Waals surface area contributed by atoms with Crippen molar-refractivity contribution in [3.05, 3.63) is 87.4 Å². The Morgan fingerprint density at radius 1 is 0.971 bits per heavy atom. The molecule has 1 N–H and O–H groups in total. The minimum Gasteiger partial charge on any atom is -0.492 e. The maximum Gasteiger partial charge on any atom is 0.196 e. The van der Waals surface area contributed by atoms with Crippen molar-refractivity contribution in [2.24, 2.45) is 0 Å². The van der Waals surface area contributed by atoms with E-state index in [1.807, 2.05) is 0 Å². The lowest BCUT2D eigenvalue weighted by molar-refractivity contribution is 0.0322. The van der Waals surface area contributed by atoms with Crippen molar-refractivity contribution in [1.82, 2.24) is 4.90 Å². The molecule has 3 aromatic carbocycles. The van der Waals surface area contributed by atoms with Crippen LogP contribution in [0.15, 0.2) is 54.6 Å². The molecule has 9 heteroatoms. The van der Waals surface area contributed by atoms with Gasteiger partial charge in [-0.3, -0.25) is 9.69 Å². The van der Waals surface area contributed by atoms with E-state index >= 15 is 0 Å². The summed E-state index contributed by atoms with van der Waals surface area (Å²) in [5.41, 5.74) is 0.473. The molecule has 0 unspecified atom stereocenters. The molecule has 178 valence electrons. The number of morpholine rings is 1. The van der Waals surface area contributed by atoms with Gasteiger partial charge in [-0.05, 0) is 48.5 Å². The number of ether oxygens (including phenoxy) is 2. The van der Waals surface area contributed by atoms with Gasteiger partial charge in [-0.25, -0.2) is 8.78 Å². The number of nitrogens with zero attached hydrogens (tertiary/aromatic N) is 1. The van der Waals surface area contributed by atoms with Crippen LogP contribution in [0, 0.1) is 11.6 Å². The maximum absolute atomic E-state index is 13.9. The Bertz CT molecular complexity index is 1170. The van der Waals surface area contributed by atoms with Crippen molar-refractivity contribution in [3.8, 4) is 5.75 Å². The van der Waals surface area contributed by atoms with Crippen molar-refractivity contribution in [2.75, 3.05) is 44.8 Å². The van der Waals surface area contributed by atoms with Gasteiger partial charge in [0.05, 0.1) is 23.3 Å². The summed E-state index contributed by atoms with van der Waals surface area (Å²) < 4.78 is 39.0. The van der Waals surface area contributed by atoms with E-state index in [1.54, 1.807) is 18.2 Å². The summed E-state index contributed by atoms with van der Waals surface area (Å²) in [5, 5.41) is 3.03. The Balaban J connectivity index is 1.47. The number of carbonyl (C=O) groups is 1. The fraction of sp³-hybridized carbons (Fsp3) is 0.240. The van der Waals surface area contributed by atoms with Gasteiger partial charge in [0.2, 0.25) is 0 Å². The van der Waals surface area contributed by atoms with E-state index < -0.39 is 17.4 Å². The maximum atomic E-state index is 13.9. The van der Waals surface area contributed by atoms with Crippen molar-refractivity contribution >= 4 is 40.4 Å². The molecule has 1 fully saturated rings. The van der Waals surface area contributed by atoms with Crippen LogP contribution in [0.1, 0.15) is 15.9 Å². The van der Waals surface area contributed by atoms with Gasteiger partial charge in [-0.2, -0.15) is 0 Å². The summed E-state index contributed by atoms with van der Waals surface area (Å²) >= 11 is 12.6. The average molecular weight is 507 g/mol. The smallest absolute Gasteiger partial charge is 0.196 e. The van der Waals surface area contributed by atoms with E-state index in [9.17, 15) is 13.6 Å². The highest BCUT2D eigenvalue weighted by atomic mass is 35.5. The second kappa shape index (κ2) is 11.1. The Hall–Kier alpha value is -2.71. The zero-order valence-corrected chi connectivity index (χ0v) is 19.6. The predicted octanol–water partition coefficient (Wildman–Crippen LogP) is 5.96. The van der Waals surface area contributed by atoms with Crippen LogP contribution in [-0.2, 0) is 4.74 Å². The van der Waals surface area contributed by atoms with Gasteiger partial charge in [0.25, 0.3) is 0 Å². The number of hydrogen-bond donors (Lipinski definition) is 1. The normalized spacial score (nSPS) is 14.1. The Morgan fingerprint density at radius 3 is 2.41 bits per heavy atom. The molecule has 4 rings (SSSR count). The first kappa shape index (κ1) is 24.4. The molecular formula is C25H22Cl2F2N2O3. The fourth-order valence-corrected chi connectivity index (χ4v) is 4.04. The van der Waals surface area contributed by atoms with Gasteiger partial charge in [0.1, 0.15) is 29.7 Å². The zero-order valence-electron chi connectivity index (χ0n) is 18.1. The van der Waals surface area contributed by atoms with Crippen LogP contribution in [0.4, 0.5) is 20.2 Å². The van der Waals surface area contributed by atoms with Crippen LogP contribution in [-0.4, -0.2) is 50.1 Å². The molecule has 5 nitrogen and oxygen atoms in total. The minimum absolute atomic E-state index is 0.112. The summed E-state index contributed by atoms with van der Waals surface area (Å²) in [4.78, 5) is 15.4. The molecule has 0 aliphatic carbocycles. The van der Waals surface area contributed by atoms with E-state index in [0.717, 1.165) is 31.8 Å². The van der Waals surface area contributed by atoms with Crippen LogP contribution in [0.2, 0.25) is 10.0 Å². The highest BCUT2D eigenvalue weighted by Gasteiger charge is 2.18. The van der Waals surface area contributed by atoms with Crippen LogP contribution in [0.25, 0.3) is 0 Å². The summed E-state index contributed by atoms with van der Waals surface area (Å²) in [7, 11) is 0. The Kier molecular flexibility index (Phi) is 8.00. The number of benzene rings is 3. The summed E-state index contributed by atoms with van der Waals surface area (Å²) in [6.07, 6.45) is 0.